The fourth-order valence-corrected chi connectivity index (χ4v) is 1.86. The van der Waals surface area contributed by atoms with Gasteiger partial charge in [-0.25, -0.2) is 4.39 Å². The quantitative estimate of drug-likeness (QED) is 0.578. The highest BCUT2D eigenvalue weighted by Gasteiger charge is 2.32. The fraction of sp³-hybridized carbons (Fsp3) is 0.250. The molecule has 22 heavy (non-hydrogen) atoms. The Bertz CT molecular complexity index is 597. The molecule has 6 heteroatoms. The standard InChI is InChI=1S/C16H14F4O2/c17-14-10-12(6-7-15(14)22-16(18,19)20)8-9-21-11-13-4-2-1-3-5-13/h1-7,10H,8-9,11H2. The maximum absolute atomic E-state index is 13.5. The molecule has 0 aliphatic heterocycles. The van der Waals surface area contributed by atoms with Gasteiger partial charge in [-0.3, -0.25) is 0 Å². The number of hydrogen-bond acceptors (Lipinski definition) is 2. The summed E-state index contributed by atoms with van der Waals surface area (Å²) in [6.45, 7) is 0.770. The second-order valence-corrected chi connectivity index (χ2v) is 4.60. The first-order valence-electron chi connectivity index (χ1n) is 6.60. The van der Waals surface area contributed by atoms with Crippen LogP contribution in [-0.2, 0) is 17.8 Å². The molecule has 0 aliphatic carbocycles. The van der Waals surface area contributed by atoms with E-state index >= 15 is 0 Å². The third-order valence-corrected chi connectivity index (χ3v) is 2.87. The van der Waals surface area contributed by atoms with Gasteiger partial charge in [-0.1, -0.05) is 36.4 Å². The van der Waals surface area contributed by atoms with E-state index in [4.69, 9.17) is 4.74 Å². The van der Waals surface area contributed by atoms with Gasteiger partial charge in [0.15, 0.2) is 11.6 Å². The van der Waals surface area contributed by atoms with Crippen LogP contribution in [0.4, 0.5) is 17.6 Å². The molecule has 0 fully saturated rings. The Hall–Kier alpha value is -2.08. The van der Waals surface area contributed by atoms with Gasteiger partial charge in [-0.05, 0) is 29.7 Å². The minimum Gasteiger partial charge on any atom is -0.403 e. The highest BCUT2D eigenvalue weighted by molar-refractivity contribution is 5.29. The minimum absolute atomic E-state index is 0.341. The summed E-state index contributed by atoms with van der Waals surface area (Å²) in [4.78, 5) is 0. The minimum atomic E-state index is -4.90. The molecule has 2 aromatic carbocycles. The number of ether oxygens (including phenoxy) is 2. The molecule has 0 amide bonds. The topological polar surface area (TPSA) is 18.5 Å². The molecule has 0 atom stereocenters. The molecular formula is C16H14F4O2. The molecule has 0 unspecified atom stereocenters. The monoisotopic (exact) mass is 314 g/mol. The summed E-state index contributed by atoms with van der Waals surface area (Å²) in [6.07, 6.45) is -4.50. The van der Waals surface area contributed by atoms with Gasteiger partial charge in [0, 0.05) is 0 Å². The summed E-state index contributed by atoms with van der Waals surface area (Å²) in [5, 5.41) is 0. The van der Waals surface area contributed by atoms with Crippen LogP contribution in [0.3, 0.4) is 0 Å². The third kappa shape index (κ3) is 5.37. The SMILES string of the molecule is Fc1cc(CCOCc2ccccc2)ccc1OC(F)(F)F. The maximum Gasteiger partial charge on any atom is 0.573 e. The van der Waals surface area contributed by atoms with Crippen LogP contribution in [0.5, 0.6) is 5.75 Å². The molecule has 0 saturated carbocycles. The van der Waals surface area contributed by atoms with Crippen LogP contribution in [-0.4, -0.2) is 13.0 Å². The van der Waals surface area contributed by atoms with E-state index < -0.39 is 17.9 Å². The summed E-state index contributed by atoms with van der Waals surface area (Å²) in [6, 6.07) is 12.9. The van der Waals surface area contributed by atoms with Crippen molar-refractivity contribution in [2.24, 2.45) is 0 Å². The second kappa shape index (κ2) is 7.26. The van der Waals surface area contributed by atoms with Crippen LogP contribution >= 0.6 is 0 Å². The van der Waals surface area contributed by atoms with Crippen LogP contribution in [0.15, 0.2) is 48.5 Å². The number of hydrogen-bond donors (Lipinski definition) is 0. The lowest BCUT2D eigenvalue weighted by atomic mass is 10.1. The zero-order valence-corrected chi connectivity index (χ0v) is 11.6. The first-order valence-corrected chi connectivity index (χ1v) is 6.60. The molecule has 2 aromatic rings. The van der Waals surface area contributed by atoms with Crippen molar-refractivity contribution >= 4 is 0 Å². The van der Waals surface area contributed by atoms with E-state index in [0.29, 0.717) is 25.2 Å². The molecule has 0 radical (unpaired) electrons. The molecule has 2 nitrogen and oxygen atoms in total. The fourth-order valence-electron chi connectivity index (χ4n) is 1.86. The van der Waals surface area contributed by atoms with E-state index in [1.54, 1.807) is 0 Å². The molecule has 0 aliphatic rings. The Kier molecular flexibility index (Phi) is 5.38. The number of halogens is 4. The number of rotatable bonds is 6. The van der Waals surface area contributed by atoms with Crippen molar-refractivity contribution in [2.45, 2.75) is 19.4 Å². The highest BCUT2D eigenvalue weighted by Crippen LogP contribution is 2.26. The average molecular weight is 314 g/mol. The molecule has 0 N–H and O–H groups in total. The summed E-state index contributed by atoms with van der Waals surface area (Å²) in [7, 11) is 0. The largest absolute Gasteiger partial charge is 0.573 e. The van der Waals surface area contributed by atoms with Gasteiger partial charge in [-0.2, -0.15) is 0 Å². The van der Waals surface area contributed by atoms with Crippen LogP contribution < -0.4 is 4.74 Å². The molecule has 0 saturated heterocycles. The van der Waals surface area contributed by atoms with E-state index in [9.17, 15) is 17.6 Å². The van der Waals surface area contributed by atoms with Crippen molar-refractivity contribution in [1.82, 2.24) is 0 Å². The van der Waals surface area contributed by atoms with Crippen LogP contribution in [0.2, 0.25) is 0 Å². The molecule has 0 heterocycles. The number of alkyl halides is 3. The van der Waals surface area contributed by atoms with Gasteiger partial charge in [0.05, 0.1) is 13.2 Å². The summed E-state index contributed by atoms with van der Waals surface area (Å²) >= 11 is 0. The van der Waals surface area contributed by atoms with Crippen LogP contribution in [0, 0.1) is 5.82 Å². The summed E-state index contributed by atoms with van der Waals surface area (Å²) < 4.78 is 58.6. The normalized spacial score (nSPS) is 11.5. The average Bonchev–Trinajstić information content (AvgIpc) is 2.46. The smallest absolute Gasteiger partial charge is 0.403 e. The number of benzene rings is 2. The zero-order valence-electron chi connectivity index (χ0n) is 11.6. The van der Waals surface area contributed by atoms with E-state index in [-0.39, 0.29) is 0 Å². The lowest BCUT2D eigenvalue weighted by molar-refractivity contribution is -0.275. The molecule has 0 aromatic heterocycles. The van der Waals surface area contributed by atoms with Crippen molar-refractivity contribution in [3.63, 3.8) is 0 Å². The van der Waals surface area contributed by atoms with Gasteiger partial charge >= 0.3 is 6.36 Å². The second-order valence-electron chi connectivity index (χ2n) is 4.60. The van der Waals surface area contributed by atoms with E-state index in [0.717, 1.165) is 17.7 Å². The lowest BCUT2D eigenvalue weighted by Crippen LogP contribution is -2.18. The predicted molar refractivity (Wildman–Crippen MR) is 72.9 cm³/mol. The van der Waals surface area contributed by atoms with Crippen LogP contribution in [0.25, 0.3) is 0 Å². The van der Waals surface area contributed by atoms with E-state index in [1.165, 1.54) is 6.07 Å². The van der Waals surface area contributed by atoms with Crippen molar-refractivity contribution in [2.75, 3.05) is 6.61 Å². The predicted octanol–water partition coefficient (Wildman–Crippen LogP) is 4.48. The van der Waals surface area contributed by atoms with Gasteiger partial charge in [-0.15, -0.1) is 13.2 Å². The molecule has 0 spiro atoms. The summed E-state index contributed by atoms with van der Waals surface area (Å²) in [5.74, 6) is -1.88. The first-order chi connectivity index (χ1) is 10.4. The van der Waals surface area contributed by atoms with E-state index in [2.05, 4.69) is 4.74 Å². The molecular weight excluding hydrogens is 300 g/mol. The Morgan fingerprint density at radius 2 is 1.64 bits per heavy atom. The Balaban J connectivity index is 1.82. The van der Waals surface area contributed by atoms with Crippen molar-refractivity contribution < 1.29 is 27.0 Å². The Morgan fingerprint density at radius 1 is 0.909 bits per heavy atom. The van der Waals surface area contributed by atoms with Gasteiger partial charge < -0.3 is 9.47 Å². The van der Waals surface area contributed by atoms with Gasteiger partial charge in [0.25, 0.3) is 0 Å². The van der Waals surface area contributed by atoms with Crippen molar-refractivity contribution in [3.8, 4) is 5.75 Å². The third-order valence-electron chi connectivity index (χ3n) is 2.87. The highest BCUT2D eigenvalue weighted by atomic mass is 19.4. The van der Waals surface area contributed by atoms with Gasteiger partial charge in [0.1, 0.15) is 0 Å². The van der Waals surface area contributed by atoms with E-state index in [1.807, 2.05) is 30.3 Å². The first kappa shape index (κ1) is 16.3. The summed E-state index contributed by atoms with van der Waals surface area (Å²) in [5.41, 5.74) is 1.56. The molecule has 0 bridgehead atoms. The Morgan fingerprint density at radius 3 is 2.27 bits per heavy atom. The molecule has 2 rings (SSSR count). The maximum atomic E-state index is 13.5. The van der Waals surface area contributed by atoms with Crippen molar-refractivity contribution in [1.29, 1.82) is 0 Å². The molecule has 118 valence electrons. The Labute approximate surface area is 125 Å². The van der Waals surface area contributed by atoms with Crippen LogP contribution in [0.1, 0.15) is 11.1 Å². The van der Waals surface area contributed by atoms with Crippen molar-refractivity contribution in [3.05, 3.63) is 65.5 Å². The van der Waals surface area contributed by atoms with Gasteiger partial charge in [0.2, 0.25) is 0 Å². The zero-order chi connectivity index (χ0) is 16.0. The lowest BCUT2D eigenvalue weighted by Gasteiger charge is -2.10.